The molecule has 19 heavy (non-hydrogen) atoms. The summed E-state index contributed by atoms with van der Waals surface area (Å²) >= 11 is 0. The molecule has 2 aromatic rings. The number of hydrogen-bond donors (Lipinski definition) is 1. The summed E-state index contributed by atoms with van der Waals surface area (Å²) in [6.07, 6.45) is -0.970. The van der Waals surface area contributed by atoms with Gasteiger partial charge in [0, 0.05) is 4.91 Å². The van der Waals surface area contributed by atoms with Crippen LogP contribution in [-0.4, -0.2) is 5.11 Å². The Labute approximate surface area is 109 Å². The molecule has 0 aromatic heterocycles. The predicted octanol–water partition coefficient (Wildman–Crippen LogP) is 3.91. The number of halogens is 1. The third-order valence-corrected chi connectivity index (χ3v) is 2.83. The fourth-order valence-corrected chi connectivity index (χ4v) is 1.86. The van der Waals surface area contributed by atoms with Crippen molar-refractivity contribution in [2.45, 2.75) is 12.1 Å². The number of rotatable bonds is 4. The van der Waals surface area contributed by atoms with Crippen LogP contribution in [0, 0.1) is 5.82 Å². The van der Waals surface area contributed by atoms with Gasteiger partial charge in [-0.3, -0.25) is 0 Å². The van der Waals surface area contributed by atoms with E-state index in [0.29, 0.717) is 11.1 Å². The largest absolute Gasteiger partial charge is 0.388 e. The monoisotopic (exact) mass is 257 g/mol. The average Bonchev–Trinajstić information content (AvgIpc) is 2.46. The molecule has 0 spiro atoms. The van der Waals surface area contributed by atoms with Gasteiger partial charge in [-0.25, -0.2) is 4.39 Å². The molecule has 0 amide bonds. The van der Waals surface area contributed by atoms with Crippen LogP contribution < -0.4 is 0 Å². The molecule has 0 aliphatic carbocycles. The number of aliphatic hydroxyl groups is 1. The molecule has 0 fully saturated rings. The van der Waals surface area contributed by atoms with E-state index >= 15 is 0 Å². The Morgan fingerprint density at radius 1 is 1.00 bits per heavy atom. The Balaban J connectivity index is 2.35. The van der Waals surface area contributed by atoms with E-state index < -0.39 is 12.1 Å². The lowest BCUT2D eigenvalue weighted by molar-refractivity contribution is 0.147. The first-order valence-corrected chi connectivity index (χ1v) is 5.75. The van der Waals surface area contributed by atoms with Gasteiger partial charge in [0.15, 0.2) is 0 Å². The fourth-order valence-electron chi connectivity index (χ4n) is 1.86. The summed E-state index contributed by atoms with van der Waals surface area (Å²) in [4.78, 5) is 2.75. The van der Waals surface area contributed by atoms with Gasteiger partial charge in [-0.15, -0.1) is 0 Å². The second-order valence-electron chi connectivity index (χ2n) is 4.06. The highest BCUT2D eigenvalue weighted by molar-refractivity contribution is 5.26. The van der Waals surface area contributed by atoms with Crippen LogP contribution in [0.5, 0.6) is 0 Å². The van der Waals surface area contributed by atoms with Crippen LogP contribution in [0.4, 0.5) is 4.39 Å². The highest BCUT2D eigenvalue weighted by Gasteiger charge is 2.21. The smallest absolute Gasteiger partial charge is 0.123 e. The minimum absolute atomic E-state index is 0.377. The molecule has 0 saturated heterocycles. The normalized spacial score (nSPS) is 13.4. The van der Waals surface area contributed by atoms with Gasteiger partial charge >= 0.3 is 0 Å². The lowest BCUT2D eigenvalue weighted by Crippen LogP contribution is -2.08. The molecule has 0 radical (unpaired) electrons. The van der Waals surface area contributed by atoms with Gasteiger partial charge in [0.05, 0.1) is 12.1 Å². The minimum atomic E-state index is -0.970. The molecule has 2 atom stereocenters. The van der Waals surface area contributed by atoms with Crippen molar-refractivity contribution in [1.29, 1.82) is 0 Å². The van der Waals surface area contributed by atoms with Crippen LogP contribution in [0.15, 0.2) is 59.7 Å². The van der Waals surface area contributed by atoms with E-state index in [0.717, 1.165) is 0 Å². The maximum atomic E-state index is 12.9. The van der Waals surface area contributed by atoms with Crippen LogP contribution in [0.3, 0.4) is 0 Å². The zero-order valence-corrected chi connectivity index (χ0v) is 10.0. The Morgan fingerprint density at radius 2 is 1.63 bits per heavy atom. The van der Waals surface area contributed by atoms with Crippen LogP contribution in [-0.2, 0) is 0 Å². The van der Waals surface area contributed by atoms with Gasteiger partial charge in [-0.05, 0) is 28.8 Å². The molecule has 0 unspecified atom stereocenters. The van der Waals surface area contributed by atoms with E-state index in [1.54, 1.807) is 24.3 Å². The highest BCUT2D eigenvalue weighted by atomic mass is 19.1. The summed E-state index contributed by atoms with van der Waals surface area (Å²) in [5.41, 5.74) is 9.83. The molecular formula is C14H12FN3O. The molecule has 4 nitrogen and oxygen atoms in total. The summed E-state index contributed by atoms with van der Waals surface area (Å²) in [5.74, 6) is -0.377. The molecule has 0 aliphatic rings. The lowest BCUT2D eigenvalue weighted by Gasteiger charge is -2.19. The Bertz CT molecular complexity index is 579. The first kappa shape index (κ1) is 13.1. The summed E-state index contributed by atoms with van der Waals surface area (Å²) in [6.45, 7) is 0. The molecule has 5 heteroatoms. The molecule has 1 N–H and O–H groups in total. The van der Waals surface area contributed by atoms with Crippen molar-refractivity contribution in [1.82, 2.24) is 0 Å². The predicted molar refractivity (Wildman–Crippen MR) is 69.7 cm³/mol. The summed E-state index contributed by atoms with van der Waals surface area (Å²) < 4.78 is 12.9. The van der Waals surface area contributed by atoms with Gasteiger partial charge in [0.2, 0.25) is 0 Å². The van der Waals surface area contributed by atoms with Crippen LogP contribution in [0.25, 0.3) is 10.4 Å². The van der Waals surface area contributed by atoms with Crippen molar-refractivity contribution < 1.29 is 9.50 Å². The van der Waals surface area contributed by atoms with Crippen molar-refractivity contribution in [3.8, 4) is 0 Å². The first-order chi connectivity index (χ1) is 9.22. The standard InChI is InChI=1S/C14H12FN3O/c15-12-8-6-10(7-9-12)13(17-18-16)14(19)11-4-2-1-3-5-11/h1-9,13-14,19H/t13-,14+/m1/s1. The third kappa shape index (κ3) is 3.10. The van der Waals surface area contributed by atoms with E-state index in [1.807, 2.05) is 6.07 Å². The highest BCUT2D eigenvalue weighted by Crippen LogP contribution is 2.32. The van der Waals surface area contributed by atoms with E-state index in [-0.39, 0.29) is 5.82 Å². The molecule has 2 rings (SSSR count). The molecule has 0 bridgehead atoms. The number of azide groups is 1. The number of benzene rings is 2. The van der Waals surface area contributed by atoms with Crippen molar-refractivity contribution in [3.63, 3.8) is 0 Å². The average molecular weight is 257 g/mol. The molecule has 0 aliphatic heterocycles. The molecular weight excluding hydrogens is 245 g/mol. The zero-order chi connectivity index (χ0) is 13.7. The lowest BCUT2D eigenvalue weighted by atomic mass is 9.96. The van der Waals surface area contributed by atoms with Gasteiger partial charge in [-0.2, -0.15) is 0 Å². The Kier molecular flexibility index (Phi) is 4.13. The van der Waals surface area contributed by atoms with Crippen LogP contribution in [0.1, 0.15) is 23.3 Å². The zero-order valence-electron chi connectivity index (χ0n) is 10.0. The maximum Gasteiger partial charge on any atom is 0.123 e. The van der Waals surface area contributed by atoms with Gasteiger partial charge in [0.25, 0.3) is 0 Å². The van der Waals surface area contributed by atoms with Gasteiger partial charge in [0.1, 0.15) is 5.82 Å². The van der Waals surface area contributed by atoms with E-state index in [2.05, 4.69) is 10.0 Å². The van der Waals surface area contributed by atoms with Crippen molar-refractivity contribution in [2.75, 3.05) is 0 Å². The Hall–Kier alpha value is -2.36. The first-order valence-electron chi connectivity index (χ1n) is 5.75. The fraction of sp³-hybridized carbons (Fsp3) is 0.143. The second kappa shape index (κ2) is 6.00. The summed E-state index contributed by atoms with van der Waals surface area (Å²) in [5, 5.41) is 13.9. The molecule has 0 saturated carbocycles. The van der Waals surface area contributed by atoms with Crippen molar-refractivity contribution >= 4 is 0 Å². The Morgan fingerprint density at radius 3 is 2.21 bits per heavy atom. The van der Waals surface area contributed by atoms with Crippen molar-refractivity contribution in [2.24, 2.45) is 5.11 Å². The number of nitrogens with zero attached hydrogens (tertiary/aromatic N) is 3. The molecule has 96 valence electrons. The van der Waals surface area contributed by atoms with E-state index in [9.17, 15) is 9.50 Å². The minimum Gasteiger partial charge on any atom is -0.388 e. The number of aliphatic hydroxyl groups excluding tert-OH is 1. The van der Waals surface area contributed by atoms with Crippen molar-refractivity contribution in [3.05, 3.63) is 82.0 Å². The van der Waals surface area contributed by atoms with Gasteiger partial charge < -0.3 is 5.11 Å². The third-order valence-electron chi connectivity index (χ3n) is 2.83. The molecule has 2 aromatic carbocycles. The maximum absolute atomic E-state index is 12.9. The van der Waals surface area contributed by atoms with Crippen LogP contribution >= 0.6 is 0 Å². The topological polar surface area (TPSA) is 69.0 Å². The summed E-state index contributed by atoms with van der Waals surface area (Å²) in [6, 6.07) is 13.7. The van der Waals surface area contributed by atoms with E-state index in [4.69, 9.17) is 5.53 Å². The van der Waals surface area contributed by atoms with Gasteiger partial charge in [-0.1, -0.05) is 47.6 Å². The number of hydrogen-bond acceptors (Lipinski definition) is 2. The second-order valence-corrected chi connectivity index (χ2v) is 4.06. The quantitative estimate of drug-likeness (QED) is 0.503. The van der Waals surface area contributed by atoms with Crippen LogP contribution in [0.2, 0.25) is 0 Å². The SMILES string of the molecule is [N-]=[N+]=N[C@H](c1ccc(F)cc1)[C@@H](O)c1ccccc1. The van der Waals surface area contributed by atoms with E-state index in [1.165, 1.54) is 24.3 Å². The summed E-state index contributed by atoms with van der Waals surface area (Å²) in [7, 11) is 0. The molecule has 0 heterocycles.